The molecule has 0 spiro atoms. The van der Waals surface area contributed by atoms with Gasteiger partial charge in [0.05, 0.1) is 0 Å². The minimum absolute atomic E-state index is 0.147. The van der Waals surface area contributed by atoms with Gasteiger partial charge in [-0.2, -0.15) is 0 Å². The molecular weight excluding hydrogens is 266 g/mol. The van der Waals surface area contributed by atoms with Crippen LogP contribution in [0.2, 0.25) is 0 Å². The minimum Gasteiger partial charge on any atom is -0.482 e. The molecule has 2 N–H and O–H groups in total. The lowest BCUT2D eigenvalue weighted by Gasteiger charge is -2.08. The van der Waals surface area contributed by atoms with E-state index in [0.717, 1.165) is 11.3 Å². The number of hydrogen-bond donors (Lipinski definition) is 2. The van der Waals surface area contributed by atoms with Crippen LogP contribution in [0.25, 0.3) is 0 Å². The lowest BCUT2D eigenvalue weighted by molar-refractivity contribution is -0.123. The van der Waals surface area contributed by atoms with Crippen molar-refractivity contribution in [1.82, 2.24) is 5.32 Å². The molecule has 0 saturated carbocycles. The van der Waals surface area contributed by atoms with Gasteiger partial charge in [0.2, 0.25) is 0 Å². The van der Waals surface area contributed by atoms with E-state index < -0.39 is 5.97 Å². The van der Waals surface area contributed by atoms with E-state index in [2.05, 4.69) is 5.32 Å². The molecule has 19 heavy (non-hydrogen) atoms. The number of hydrogen-bond acceptors (Lipinski definition) is 4. The standard InChI is InChI=1S/C13H19NO4S/c1-4-9-5-10(12(19-9)13(16)17)18-7-11(15)14-6-8(2)3/h5,8H,4,6-7H2,1-3H3,(H,14,15)(H,16,17). The summed E-state index contributed by atoms with van der Waals surface area (Å²) in [6.45, 7) is 6.35. The Hall–Kier alpha value is -1.56. The number of carbonyl (C=O) groups is 2. The third-order valence-electron chi connectivity index (χ3n) is 2.36. The fourth-order valence-corrected chi connectivity index (χ4v) is 2.24. The monoisotopic (exact) mass is 285 g/mol. The fourth-order valence-electron chi connectivity index (χ4n) is 1.37. The summed E-state index contributed by atoms with van der Waals surface area (Å²) >= 11 is 1.18. The lowest BCUT2D eigenvalue weighted by atomic mass is 10.2. The van der Waals surface area contributed by atoms with Gasteiger partial charge in [0.1, 0.15) is 5.75 Å². The van der Waals surface area contributed by atoms with E-state index in [1.54, 1.807) is 6.07 Å². The number of nitrogens with one attached hydrogen (secondary N) is 1. The van der Waals surface area contributed by atoms with Crippen molar-refractivity contribution < 1.29 is 19.4 Å². The molecule has 0 unspecified atom stereocenters. The van der Waals surface area contributed by atoms with Crippen LogP contribution in [0, 0.1) is 5.92 Å². The van der Waals surface area contributed by atoms with Crippen molar-refractivity contribution >= 4 is 23.2 Å². The summed E-state index contributed by atoms with van der Waals surface area (Å²) in [4.78, 5) is 23.6. The number of aryl methyl sites for hydroxylation is 1. The van der Waals surface area contributed by atoms with Crippen molar-refractivity contribution in [3.05, 3.63) is 15.8 Å². The first-order valence-corrected chi connectivity index (χ1v) is 7.01. The highest BCUT2D eigenvalue weighted by Crippen LogP contribution is 2.29. The number of carboxylic acids is 1. The van der Waals surface area contributed by atoms with Crippen LogP contribution in [0.3, 0.4) is 0 Å². The maximum atomic E-state index is 11.5. The average molecular weight is 285 g/mol. The molecule has 1 aromatic rings. The van der Waals surface area contributed by atoms with Gasteiger partial charge in [-0.15, -0.1) is 11.3 Å². The lowest BCUT2D eigenvalue weighted by Crippen LogP contribution is -2.31. The summed E-state index contributed by atoms with van der Waals surface area (Å²) in [5, 5.41) is 11.8. The molecule has 0 bridgehead atoms. The largest absolute Gasteiger partial charge is 0.482 e. The Morgan fingerprint density at radius 2 is 2.16 bits per heavy atom. The van der Waals surface area contributed by atoms with Crippen molar-refractivity contribution in [3.63, 3.8) is 0 Å². The Labute approximate surface area is 116 Å². The van der Waals surface area contributed by atoms with Gasteiger partial charge in [0.15, 0.2) is 11.5 Å². The second-order valence-corrected chi connectivity index (χ2v) is 5.69. The molecule has 6 heteroatoms. The predicted octanol–water partition coefficient (Wildman–Crippen LogP) is 2.16. The van der Waals surface area contributed by atoms with Gasteiger partial charge < -0.3 is 15.2 Å². The highest BCUT2D eigenvalue weighted by Gasteiger charge is 2.17. The third kappa shape index (κ3) is 4.90. The van der Waals surface area contributed by atoms with Crippen LogP contribution in [0.4, 0.5) is 0 Å². The highest BCUT2D eigenvalue weighted by atomic mass is 32.1. The van der Waals surface area contributed by atoms with Crippen molar-refractivity contribution in [2.24, 2.45) is 5.92 Å². The van der Waals surface area contributed by atoms with Crippen molar-refractivity contribution in [2.45, 2.75) is 27.2 Å². The van der Waals surface area contributed by atoms with Gasteiger partial charge in [-0.25, -0.2) is 4.79 Å². The van der Waals surface area contributed by atoms with Crippen LogP contribution in [0.1, 0.15) is 35.3 Å². The van der Waals surface area contributed by atoms with Gasteiger partial charge in [-0.05, 0) is 18.4 Å². The number of carboxylic acid groups (broad SMARTS) is 1. The van der Waals surface area contributed by atoms with E-state index in [9.17, 15) is 9.59 Å². The number of amides is 1. The zero-order valence-electron chi connectivity index (χ0n) is 11.4. The number of carbonyl (C=O) groups excluding carboxylic acids is 1. The molecule has 1 heterocycles. The first kappa shape index (κ1) is 15.5. The second-order valence-electron chi connectivity index (χ2n) is 4.55. The SMILES string of the molecule is CCc1cc(OCC(=O)NCC(C)C)c(C(=O)O)s1. The average Bonchev–Trinajstić information content (AvgIpc) is 2.77. The summed E-state index contributed by atoms with van der Waals surface area (Å²) in [6, 6.07) is 1.68. The molecule has 1 rings (SSSR count). The van der Waals surface area contributed by atoms with E-state index in [1.165, 1.54) is 11.3 Å². The molecule has 0 radical (unpaired) electrons. The van der Waals surface area contributed by atoms with Crippen LogP contribution < -0.4 is 10.1 Å². The maximum absolute atomic E-state index is 11.5. The molecule has 1 amide bonds. The van der Waals surface area contributed by atoms with Gasteiger partial charge in [-0.1, -0.05) is 20.8 Å². The summed E-state index contributed by atoms with van der Waals surface area (Å²) < 4.78 is 5.29. The van der Waals surface area contributed by atoms with E-state index >= 15 is 0 Å². The molecule has 5 nitrogen and oxygen atoms in total. The summed E-state index contributed by atoms with van der Waals surface area (Å²) in [5.74, 6) is -0.628. The predicted molar refractivity (Wildman–Crippen MR) is 74.0 cm³/mol. The summed E-state index contributed by atoms with van der Waals surface area (Å²) in [7, 11) is 0. The van der Waals surface area contributed by atoms with Crippen LogP contribution in [0.5, 0.6) is 5.75 Å². The molecule has 0 aliphatic heterocycles. The normalized spacial score (nSPS) is 10.5. The van der Waals surface area contributed by atoms with E-state index in [-0.39, 0.29) is 23.1 Å². The smallest absolute Gasteiger partial charge is 0.349 e. The number of rotatable bonds is 7. The zero-order chi connectivity index (χ0) is 14.4. The Kier molecular flexibility index (Phi) is 5.82. The van der Waals surface area contributed by atoms with E-state index in [4.69, 9.17) is 9.84 Å². The van der Waals surface area contributed by atoms with Crippen LogP contribution in [-0.4, -0.2) is 30.1 Å². The number of thiophene rings is 1. The minimum atomic E-state index is -1.03. The number of aromatic carboxylic acids is 1. The molecule has 1 aromatic heterocycles. The second kappa shape index (κ2) is 7.13. The maximum Gasteiger partial charge on any atom is 0.349 e. The Balaban J connectivity index is 2.59. The molecule has 0 fully saturated rings. The van der Waals surface area contributed by atoms with Crippen molar-refractivity contribution in [3.8, 4) is 5.75 Å². The Bertz CT molecular complexity index is 453. The number of ether oxygens (including phenoxy) is 1. The van der Waals surface area contributed by atoms with Crippen molar-refractivity contribution in [1.29, 1.82) is 0 Å². The van der Waals surface area contributed by atoms with Gasteiger partial charge in [0, 0.05) is 11.4 Å². The molecule has 0 aliphatic carbocycles. The van der Waals surface area contributed by atoms with Gasteiger partial charge in [0.25, 0.3) is 5.91 Å². The van der Waals surface area contributed by atoms with Gasteiger partial charge >= 0.3 is 5.97 Å². The molecule has 0 atom stereocenters. The summed E-state index contributed by atoms with van der Waals surface area (Å²) in [6.07, 6.45) is 0.744. The van der Waals surface area contributed by atoms with E-state index in [0.29, 0.717) is 12.5 Å². The molecule has 106 valence electrons. The van der Waals surface area contributed by atoms with E-state index in [1.807, 2.05) is 20.8 Å². The van der Waals surface area contributed by atoms with Crippen molar-refractivity contribution in [2.75, 3.05) is 13.2 Å². The third-order valence-corrected chi connectivity index (χ3v) is 3.61. The van der Waals surface area contributed by atoms with Crippen LogP contribution in [-0.2, 0) is 11.2 Å². The topological polar surface area (TPSA) is 75.6 Å². The highest BCUT2D eigenvalue weighted by molar-refractivity contribution is 7.14. The molecule has 0 saturated heterocycles. The molecule has 0 aliphatic rings. The van der Waals surface area contributed by atoms with Crippen LogP contribution >= 0.6 is 11.3 Å². The molecule has 0 aromatic carbocycles. The first-order valence-electron chi connectivity index (χ1n) is 6.19. The Morgan fingerprint density at radius 1 is 1.47 bits per heavy atom. The summed E-state index contributed by atoms with van der Waals surface area (Å²) in [5.41, 5.74) is 0. The quantitative estimate of drug-likeness (QED) is 0.805. The zero-order valence-corrected chi connectivity index (χ0v) is 12.2. The van der Waals surface area contributed by atoms with Gasteiger partial charge in [-0.3, -0.25) is 4.79 Å². The molecular formula is C13H19NO4S. The Morgan fingerprint density at radius 3 is 2.68 bits per heavy atom. The first-order chi connectivity index (χ1) is 8.93. The van der Waals surface area contributed by atoms with Crippen LogP contribution in [0.15, 0.2) is 6.07 Å². The fraction of sp³-hybridized carbons (Fsp3) is 0.538.